The van der Waals surface area contributed by atoms with Gasteiger partial charge in [0.15, 0.2) is 0 Å². The summed E-state index contributed by atoms with van der Waals surface area (Å²) in [6, 6.07) is 0. The van der Waals surface area contributed by atoms with Crippen LogP contribution in [0.4, 0.5) is 0 Å². The number of nitrogens with zero attached hydrogens (tertiary/aromatic N) is 1. The summed E-state index contributed by atoms with van der Waals surface area (Å²) in [6.07, 6.45) is 0. The Labute approximate surface area is 61.4 Å². The van der Waals surface area contributed by atoms with Crippen LogP contribution in [0.2, 0.25) is 0 Å². The van der Waals surface area contributed by atoms with Gasteiger partial charge in [0.25, 0.3) is 0 Å². The van der Waals surface area contributed by atoms with Gasteiger partial charge in [0, 0.05) is 5.92 Å². The van der Waals surface area contributed by atoms with Crippen molar-refractivity contribution < 1.29 is 10.3 Å². The molecule has 0 saturated carbocycles. The minimum absolute atomic E-state index is 0.113. The van der Waals surface area contributed by atoms with E-state index < -0.39 is 5.60 Å². The van der Waals surface area contributed by atoms with Crippen LogP contribution in [0.15, 0.2) is 5.16 Å². The van der Waals surface area contributed by atoms with Crippen molar-refractivity contribution in [2.24, 2.45) is 11.1 Å². The summed E-state index contributed by atoms with van der Waals surface area (Å²) >= 11 is 0. The van der Waals surface area contributed by atoms with Crippen LogP contribution in [0.1, 0.15) is 27.7 Å². The molecule has 2 N–H and O–H groups in total. The third-order valence-corrected chi connectivity index (χ3v) is 1.84. The molecule has 0 radical (unpaired) electrons. The number of oxime groups is 1. The minimum atomic E-state index is -0.809. The van der Waals surface area contributed by atoms with Gasteiger partial charge in [-0.1, -0.05) is 12.1 Å². The number of hydrogen-bond acceptors (Lipinski definition) is 3. The normalized spacial score (nSPS) is 17.1. The van der Waals surface area contributed by atoms with Crippen molar-refractivity contribution in [1.29, 1.82) is 0 Å². The van der Waals surface area contributed by atoms with E-state index >= 15 is 0 Å². The quantitative estimate of drug-likeness (QED) is 0.349. The van der Waals surface area contributed by atoms with Crippen molar-refractivity contribution in [3.8, 4) is 0 Å². The van der Waals surface area contributed by atoms with Crippen molar-refractivity contribution in [3.63, 3.8) is 0 Å². The van der Waals surface area contributed by atoms with E-state index in [1.54, 1.807) is 20.8 Å². The zero-order valence-corrected chi connectivity index (χ0v) is 6.92. The Morgan fingerprint density at radius 1 is 1.50 bits per heavy atom. The van der Waals surface area contributed by atoms with Crippen LogP contribution < -0.4 is 0 Å². The number of hydrogen-bond donors (Lipinski definition) is 2. The zero-order chi connectivity index (χ0) is 8.36. The first-order valence-corrected chi connectivity index (χ1v) is 3.30. The summed E-state index contributed by atoms with van der Waals surface area (Å²) in [7, 11) is 0. The largest absolute Gasteiger partial charge is 0.411 e. The Balaban J connectivity index is 4.23. The SMILES string of the molecule is C/C(=N\O)C(C)C(C)(C)O. The molecule has 0 bridgehead atoms. The monoisotopic (exact) mass is 145 g/mol. The second-order valence-corrected chi connectivity index (χ2v) is 3.12. The molecule has 3 nitrogen and oxygen atoms in total. The minimum Gasteiger partial charge on any atom is -0.411 e. The molecule has 0 aliphatic rings. The molecular weight excluding hydrogens is 130 g/mol. The third kappa shape index (κ3) is 2.35. The highest BCUT2D eigenvalue weighted by molar-refractivity contribution is 5.84. The number of aliphatic hydroxyl groups is 1. The first kappa shape index (κ1) is 9.43. The van der Waals surface area contributed by atoms with E-state index in [1.807, 2.05) is 6.92 Å². The van der Waals surface area contributed by atoms with Crippen LogP contribution >= 0.6 is 0 Å². The summed E-state index contributed by atoms with van der Waals surface area (Å²) in [6.45, 7) is 6.87. The van der Waals surface area contributed by atoms with Gasteiger partial charge in [0.1, 0.15) is 0 Å². The average Bonchev–Trinajstić information content (AvgIpc) is 1.83. The molecule has 0 aliphatic carbocycles. The van der Waals surface area contributed by atoms with Gasteiger partial charge in [-0.2, -0.15) is 0 Å². The fourth-order valence-corrected chi connectivity index (χ4v) is 0.598. The summed E-state index contributed by atoms with van der Waals surface area (Å²) in [5, 5.41) is 20.8. The van der Waals surface area contributed by atoms with Gasteiger partial charge in [-0.05, 0) is 20.8 Å². The Kier molecular flexibility index (Phi) is 2.84. The Morgan fingerprint density at radius 2 is 1.90 bits per heavy atom. The van der Waals surface area contributed by atoms with E-state index in [2.05, 4.69) is 5.16 Å². The predicted octanol–water partition coefficient (Wildman–Crippen LogP) is 1.24. The van der Waals surface area contributed by atoms with E-state index in [1.165, 1.54) is 0 Å². The van der Waals surface area contributed by atoms with Gasteiger partial charge in [-0.15, -0.1) is 0 Å². The average molecular weight is 145 g/mol. The highest BCUT2D eigenvalue weighted by Gasteiger charge is 2.24. The molecule has 0 heterocycles. The Morgan fingerprint density at radius 3 is 2.00 bits per heavy atom. The maximum Gasteiger partial charge on any atom is 0.0670 e. The standard InChI is InChI=1S/C7H15NO2/c1-5(6(2)8-10)7(3,4)9/h5,9-10H,1-4H3/b8-6+. The molecule has 0 aliphatic heterocycles. The molecular formula is C7H15NO2. The van der Waals surface area contributed by atoms with E-state index in [-0.39, 0.29) is 5.92 Å². The van der Waals surface area contributed by atoms with E-state index in [0.717, 1.165) is 0 Å². The predicted molar refractivity (Wildman–Crippen MR) is 40.4 cm³/mol. The van der Waals surface area contributed by atoms with Gasteiger partial charge < -0.3 is 10.3 Å². The molecule has 0 aromatic heterocycles. The molecule has 1 unspecified atom stereocenters. The lowest BCUT2D eigenvalue weighted by Gasteiger charge is -2.24. The highest BCUT2D eigenvalue weighted by Crippen LogP contribution is 2.16. The molecule has 3 heteroatoms. The van der Waals surface area contributed by atoms with Crippen LogP contribution in [0.25, 0.3) is 0 Å². The lowest BCUT2D eigenvalue weighted by molar-refractivity contribution is 0.0499. The second kappa shape index (κ2) is 3.01. The summed E-state index contributed by atoms with van der Waals surface area (Å²) in [5.74, 6) is -0.113. The summed E-state index contributed by atoms with van der Waals surface area (Å²) in [5.41, 5.74) is -0.261. The molecule has 1 atom stereocenters. The van der Waals surface area contributed by atoms with Crippen molar-refractivity contribution in [1.82, 2.24) is 0 Å². The van der Waals surface area contributed by atoms with Crippen LogP contribution in [0.5, 0.6) is 0 Å². The van der Waals surface area contributed by atoms with Crippen LogP contribution in [-0.2, 0) is 0 Å². The molecule has 0 aromatic carbocycles. The fraction of sp³-hybridized carbons (Fsp3) is 0.857. The van der Waals surface area contributed by atoms with Crippen LogP contribution in [0.3, 0.4) is 0 Å². The van der Waals surface area contributed by atoms with E-state index in [9.17, 15) is 5.11 Å². The van der Waals surface area contributed by atoms with Crippen LogP contribution in [-0.4, -0.2) is 21.6 Å². The molecule has 0 fully saturated rings. The zero-order valence-electron chi connectivity index (χ0n) is 6.92. The van der Waals surface area contributed by atoms with Gasteiger partial charge in [-0.25, -0.2) is 0 Å². The Hall–Kier alpha value is -0.570. The third-order valence-electron chi connectivity index (χ3n) is 1.84. The molecule has 0 rings (SSSR count). The van der Waals surface area contributed by atoms with E-state index in [0.29, 0.717) is 5.71 Å². The van der Waals surface area contributed by atoms with Gasteiger partial charge in [0.2, 0.25) is 0 Å². The molecule has 0 aromatic rings. The van der Waals surface area contributed by atoms with Crippen molar-refractivity contribution in [2.75, 3.05) is 0 Å². The highest BCUT2D eigenvalue weighted by atomic mass is 16.4. The lowest BCUT2D eigenvalue weighted by atomic mass is 9.89. The van der Waals surface area contributed by atoms with Crippen molar-refractivity contribution in [2.45, 2.75) is 33.3 Å². The molecule has 0 amide bonds. The molecule has 0 saturated heterocycles. The first-order chi connectivity index (χ1) is 4.39. The smallest absolute Gasteiger partial charge is 0.0670 e. The molecule has 0 spiro atoms. The van der Waals surface area contributed by atoms with Crippen molar-refractivity contribution in [3.05, 3.63) is 0 Å². The first-order valence-electron chi connectivity index (χ1n) is 3.30. The van der Waals surface area contributed by atoms with Crippen LogP contribution in [0, 0.1) is 5.92 Å². The number of rotatable bonds is 2. The van der Waals surface area contributed by atoms with Gasteiger partial charge in [0.05, 0.1) is 11.3 Å². The summed E-state index contributed by atoms with van der Waals surface area (Å²) in [4.78, 5) is 0. The summed E-state index contributed by atoms with van der Waals surface area (Å²) < 4.78 is 0. The molecule has 60 valence electrons. The molecule has 10 heavy (non-hydrogen) atoms. The van der Waals surface area contributed by atoms with E-state index in [4.69, 9.17) is 5.21 Å². The Bertz CT molecular complexity index is 135. The van der Waals surface area contributed by atoms with Gasteiger partial charge >= 0.3 is 0 Å². The van der Waals surface area contributed by atoms with Crippen molar-refractivity contribution >= 4 is 5.71 Å². The maximum atomic E-state index is 9.40. The van der Waals surface area contributed by atoms with Gasteiger partial charge in [-0.3, -0.25) is 0 Å². The topological polar surface area (TPSA) is 52.8 Å². The maximum absolute atomic E-state index is 9.40. The lowest BCUT2D eigenvalue weighted by Crippen LogP contribution is -2.33. The second-order valence-electron chi connectivity index (χ2n) is 3.12. The fourth-order valence-electron chi connectivity index (χ4n) is 0.598.